The number of benzene rings is 2. The van der Waals surface area contributed by atoms with E-state index < -0.39 is 11.8 Å². The molecule has 0 amide bonds. The first-order valence-electron chi connectivity index (χ1n) is 6.60. The lowest BCUT2D eigenvalue weighted by Gasteiger charge is -2.09. The Bertz CT molecular complexity index is 985. The van der Waals surface area contributed by atoms with Gasteiger partial charge in [-0.25, -0.2) is 13.9 Å². The van der Waals surface area contributed by atoms with Crippen LogP contribution in [0.2, 0.25) is 0 Å². The molecule has 0 N–H and O–H groups in total. The maximum Gasteiger partial charge on any atom is 0.364 e. The molecule has 0 aliphatic heterocycles. The maximum absolute atomic E-state index is 13.1. The predicted molar refractivity (Wildman–Crippen MR) is 86.0 cm³/mol. The third-order valence-electron chi connectivity index (χ3n) is 3.25. The number of aromatic nitrogens is 2. The molecule has 0 radical (unpaired) electrons. The quantitative estimate of drug-likeness (QED) is 0.509. The zero-order valence-electron chi connectivity index (χ0n) is 11.9. The van der Waals surface area contributed by atoms with Gasteiger partial charge in [0, 0.05) is 12.4 Å². The number of carbonyl (C=O) groups is 1. The van der Waals surface area contributed by atoms with Crippen molar-refractivity contribution in [3.63, 3.8) is 0 Å². The van der Waals surface area contributed by atoms with Gasteiger partial charge in [0.25, 0.3) is 5.56 Å². The van der Waals surface area contributed by atoms with Crippen LogP contribution in [-0.4, -0.2) is 15.7 Å². The molecule has 5 nitrogen and oxygen atoms in total. The SMILES string of the molecule is Cn1nc(C(=O)Oc2ccc(F)cc2Br)c2ccccc2c1=O. The Morgan fingerprint density at radius 2 is 1.91 bits per heavy atom. The lowest BCUT2D eigenvalue weighted by atomic mass is 10.1. The molecule has 116 valence electrons. The minimum absolute atomic E-state index is 0.0129. The monoisotopic (exact) mass is 376 g/mol. The zero-order chi connectivity index (χ0) is 16.6. The summed E-state index contributed by atoms with van der Waals surface area (Å²) < 4.78 is 19.7. The molecule has 0 bridgehead atoms. The minimum atomic E-state index is -0.732. The van der Waals surface area contributed by atoms with E-state index in [0.29, 0.717) is 15.2 Å². The van der Waals surface area contributed by atoms with Crippen molar-refractivity contribution >= 4 is 32.7 Å². The van der Waals surface area contributed by atoms with Crippen LogP contribution in [0.5, 0.6) is 5.75 Å². The lowest BCUT2D eigenvalue weighted by Crippen LogP contribution is -2.24. The van der Waals surface area contributed by atoms with Crippen molar-refractivity contribution in [1.29, 1.82) is 0 Å². The number of aryl methyl sites for hydroxylation is 1. The van der Waals surface area contributed by atoms with Gasteiger partial charge in [-0.2, -0.15) is 5.10 Å². The second-order valence-corrected chi connectivity index (χ2v) is 5.64. The summed E-state index contributed by atoms with van der Waals surface area (Å²) >= 11 is 3.13. The average molecular weight is 377 g/mol. The zero-order valence-corrected chi connectivity index (χ0v) is 13.5. The molecule has 0 unspecified atom stereocenters. The van der Waals surface area contributed by atoms with Crippen LogP contribution in [0.1, 0.15) is 10.5 Å². The molecule has 7 heteroatoms. The summed E-state index contributed by atoms with van der Waals surface area (Å²) in [5.41, 5.74) is -0.293. The van der Waals surface area contributed by atoms with E-state index in [-0.39, 0.29) is 17.0 Å². The van der Waals surface area contributed by atoms with Crippen LogP contribution < -0.4 is 10.3 Å². The van der Waals surface area contributed by atoms with Crippen molar-refractivity contribution in [2.75, 3.05) is 0 Å². The average Bonchev–Trinajstić information content (AvgIpc) is 2.53. The van der Waals surface area contributed by atoms with Crippen LogP contribution in [-0.2, 0) is 7.05 Å². The molecule has 1 heterocycles. The van der Waals surface area contributed by atoms with Crippen LogP contribution in [0.25, 0.3) is 10.8 Å². The van der Waals surface area contributed by atoms with Crippen molar-refractivity contribution in [2.24, 2.45) is 7.05 Å². The van der Waals surface area contributed by atoms with Crippen LogP contribution in [0, 0.1) is 5.82 Å². The van der Waals surface area contributed by atoms with Gasteiger partial charge in [0.15, 0.2) is 5.69 Å². The molecule has 1 aromatic heterocycles. The molecule has 3 aromatic rings. The van der Waals surface area contributed by atoms with Crippen molar-refractivity contribution < 1.29 is 13.9 Å². The summed E-state index contributed by atoms with van der Waals surface area (Å²) in [6, 6.07) is 10.4. The Balaban J connectivity index is 2.08. The van der Waals surface area contributed by atoms with Gasteiger partial charge in [-0.05, 0) is 40.2 Å². The van der Waals surface area contributed by atoms with Crippen molar-refractivity contribution in [3.8, 4) is 5.75 Å². The van der Waals surface area contributed by atoms with Gasteiger partial charge in [-0.1, -0.05) is 18.2 Å². The first kappa shape index (κ1) is 15.4. The first-order valence-corrected chi connectivity index (χ1v) is 7.40. The molecule has 0 aliphatic rings. The van der Waals surface area contributed by atoms with E-state index in [4.69, 9.17) is 4.74 Å². The predicted octanol–water partition coefficient (Wildman–Crippen LogP) is 3.05. The van der Waals surface area contributed by atoms with Gasteiger partial charge in [0.1, 0.15) is 11.6 Å². The second-order valence-electron chi connectivity index (χ2n) is 4.79. The maximum atomic E-state index is 13.1. The van der Waals surface area contributed by atoms with Gasteiger partial charge < -0.3 is 4.74 Å². The Kier molecular flexibility index (Phi) is 3.96. The third-order valence-corrected chi connectivity index (χ3v) is 3.87. The Hall–Kier alpha value is -2.54. The number of ether oxygens (including phenoxy) is 1. The van der Waals surface area contributed by atoms with Crippen molar-refractivity contribution in [3.05, 3.63) is 68.8 Å². The second kappa shape index (κ2) is 5.92. The number of carbonyl (C=O) groups excluding carboxylic acids is 1. The van der Waals surface area contributed by atoms with E-state index in [1.54, 1.807) is 24.3 Å². The highest BCUT2D eigenvalue weighted by Crippen LogP contribution is 2.26. The molecule has 0 aliphatic carbocycles. The standard InChI is InChI=1S/C16H10BrFN2O3/c1-20-15(21)11-5-3-2-4-10(11)14(19-20)16(22)23-13-7-6-9(18)8-12(13)17/h2-8H,1H3. The smallest absolute Gasteiger partial charge is 0.364 e. The first-order chi connectivity index (χ1) is 11.0. The number of nitrogens with zero attached hydrogens (tertiary/aromatic N) is 2. The van der Waals surface area contributed by atoms with Crippen molar-refractivity contribution in [2.45, 2.75) is 0 Å². The molecule has 0 spiro atoms. The molecule has 23 heavy (non-hydrogen) atoms. The molecular weight excluding hydrogens is 367 g/mol. The fraction of sp³-hybridized carbons (Fsp3) is 0.0625. The van der Waals surface area contributed by atoms with Crippen LogP contribution in [0.15, 0.2) is 51.7 Å². The largest absolute Gasteiger partial charge is 0.421 e. The van der Waals surface area contributed by atoms with E-state index in [1.807, 2.05) is 0 Å². The topological polar surface area (TPSA) is 61.2 Å². The number of hydrogen-bond donors (Lipinski definition) is 0. The summed E-state index contributed by atoms with van der Waals surface area (Å²) in [7, 11) is 1.46. The number of esters is 1. The van der Waals surface area contributed by atoms with Gasteiger partial charge in [0.05, 0.1) is 9.86 Å². The summed E-state index contributed by atoms with van der Waals surface area (Å²) in [4.78, 5) is 24.5. The molecule has 0 fully saturated rings. The molecular formula is C16H10BrFN2O3. The Labute approximate surface area is 138 Å². The normalized spacial score (nSPS) is 10.7. The van der Waals surface area contributed by atoms with Crippen LogP contribution in [0.3, 0.4) is 0 Å². The number of hydrogen-bond acceptors (Lipinski definition) is 4. The van der Waals surface area contributed by atoms with E-state index >= 15 is 0 Å². The van der Waals surface area contributed by atoms with Crippen LogP contribution >= 0.6 is 15.9 Å². The number of rotatable bonds is 2. The van der Waals surface area contributed by atoms with Gasteiger partial charge in [-0.3, -0.25) is 4.79 Å². The van der Waals surface area contributed by atoms with E-state index in [9.17, 15) is 14.0 Å². The molecule has 3 rings (SSSR count). The lowest BCUT2D eigenvalue weighted by molar-refractivity contribution is 0.0727. The van der Waals surface area contributed by atoms with Crippen LogP contribution in [0.4, 0.5) is 4.39 Å². The van der Waals surface area contributed by atoms with Gasteiger partial charge in [0.2, 0.25) is 0 Å². The highest BCUT2D eigenvalue weighted by Gasteiger charge is 2.18. The summed E-state index contributed by atoms with van der Waals surface area (Å²) in [5, 5.41) is 4.76. The van der Waals surface area contributed by atoms with E-state index in [2.05, 4.69) is 21.0 Å². The number of halogens is 2. The fourth-order valence-electron chi connectivity index (χ4n) is 2.16. The Morgan fingerprint density at radius 1 is 1.22 bits per heavy atom. The summed E-state index contributed by atoms with van der Waals surface area (Å²) in [6.07, 6.45) is 0. The Morgan fingerprint density at radius 3 is 2.61 bits per heavy atom. The molecule has 0 saturated carbocycles. The highest BCUT2D eigenvalue weighted by atomic mass is 79.9. The molecule has 0 atom stereocenters. The minimum Gasteiger partial charge on any atom is -0.421 e. The third kappa shape index (κ3) is 2.87. The summed E-state index contributed by atoms with van der Waals surface area (Å²) in [5.74, 6) is -1.03. The van der Waals surface area contributed by atoms with E-state index in [0.717, 1.165) is 4.68 Å². The van der Waals surface area contributed by atoms with Gasteiger partial charge >= 0.3 is 5.97 Å². The molecule has 2 aromatic carbocycles. The number of fused-ring (bicyclic) bond motifs is 1. The van der Waals surface area contributed by atoms with E-state index in [1.165, 1.54) is 25.2 Å². The fourth-order valence-corrected chi connectivity index (χ4v) is 2.59. The summed E-state index contributed by atoms with van der Waals surface area (Å²) in [6.45, 7) is 0. The van der Waals surface area contributed by atoms with Crippen molar-refractivity contribution in [1.82, 2.24) is 9.78 Å². The molecule has 0 saturated heterocycles. The van der Waals surface area contributed by atoms with Gasteiger partial charge in [-0.15, -0.1) is 0 Å². The highest BCUT2D eigenvalue weighted by molar-refractivity contribution is 9.10.